The molecule has 1 aliphatic rings. The molecule has 0 saturated heterocycles. The minimum atomic E-state index is -0.305. The number of aromatic nitrogens is 2. The fourth-order valence-corrected chi connectivity index (χ4v) is 4.68. The number of fused-ring (bicyclic) bond motifs is 1. The standard InChI is InChI=1S/C29H37N3O3.BrH/c1-28(2,3)23-12-20(13-24(26(23)34)29(4,5)6)25(33)17-31-15-21-14-22(16-32(21)27(31)30)35-18-19-10-8-7-9-11-19;/h7-13,15,22,30,34H,14,16-18H2,1-6H3;1H. The topological polar surface area (TPSA) is 80.2 Å². The second-order valence-corrected chi connectivity index (χ2v) is 11.6. The van der Waals surface area contributed by atoms with E-state index in [0.717, 1.165) is 28.8 Å². The highest BCUT2D eigenvalue weighted by atomic mass is 79.9. The van der Waals surface area contributed by atoms with Crippen molar-refractivity contribution < 1.29 is 14.6 Å². The Morgan fingerprint density at radius 3 is 2.17 bits per heavy atom. The number of halogens is 1. The first-order valence-corrected chi connectivity index (χ1v) is 12.2. The van der Waals surface area contributed by atoms with E-state index >= 15 is 0 Å². The number of hydrogen-bond donors (Lipinski definition) is 2. The van der Waals surface area contributed by atoms with E-state index in [2.05, 4.69) is 0 Å². The highest BCUT2D eigenvalue weighted by molar-refractivity contribution is 8.93. The molecule has 7 heteroatoms. The number of benzene rings is 2. The highest BCUT2D eigenvalue weighted by Gasteiger charge is 2.29. The Balaban J connectivity index is 0.00000361. The van der Waals surface area contributed by atoms with Crippen LogP contribution in [0.5, 0.6) is 5.75 Å². The lowest BCUT2D eigenvalue weighted by atomic mass is 9.78. The van der Waals surface area contributed by atoms with Gasteiger partial charge in [-0.3, -0.25) is 10.2 Å². The van der Waals surface area contributed by atoms with Gasteiger partial charge in [0.05, 0.1) is 25.8 Å². The van der Waals surface area contributed by atoms with Crippen molar-refractivity contribution in [2.75, 3.05) is 0 Å². The van der Waals surface area contributed by atoms with Crippen LogP contribution < -0.4 is 5.62 Å². The number of hydrogen-bond acceptors (Lipinski definition) is 4. The Kier molecular flexibility index (Phi) is 8.06. The lowest BCUT2D eigenvalue weighted by molar-refractivity contribution is 0.0408. The van der Waals surface area contributed by atoms with Crippen molar-refractivity contribution in [2.45, 2.75) is 84.6 Å². The first-order valence-electron chi connectivity index (χ1n) is 12.2. The zero-order valence-electron chi connectivity index (χ0n) is 22.1. The van der Waals surface area contributed by atoms with Gasteiger partial charge in [-0.15, -0.1) is 17.0 Å². The number of carbonyl (C=O) groups is 1. The van der Waals surface area contributed by atoms with E-state index < -0.39 is 0 Å². The summed E-state index contributed by atoms with van der Waals surface area (Å²) in [5.41, 5.74) is 3.95. The number of ketones is 1. The summed E-state index contributed by atoms with van der Waals surface area (Å²) in [6.07, 6.45) is 2.66. The fourth-order valence-electron chi connectivity index (χ4n) is 4.68. The third kappa shape index (κ3) is 5.84. The molecule has 0 aliphatic carbocycles. The van der Waals surface area contributed by atoms with Gasteiger partial charge in [0.1, 0.15) is 5.75 Å². The van der Waals surface area contributed by atoms with Gasteiger partial charge in [0, 0.05) is 35.0 Å². The summed E-state index contributed by atoms with van der Waals surface area (Å²) in [5.74, 6) is 0.195. The Labute approximate surface area is 224 Å². The summed E-state index contributed by atoms with van der Waals surface area (Å²) in [6, 6.07) is 13.7. The zero-order valence-corrected chi connectivity index (χ0v) is 23.8. The van der Waals surface area contributed by atoms with Crippen LogP contribution in [0.3, 0.4) is 0 Å². The van der Waals surface area contributed by atoms with Crippen molar-refractivity contribution in [3.05, 3.63) is 82.2 Å². The molecule has 3 aromatic rings. The molecule has 2 aromatic carbocycles. The van der Waals surface area contributed by atoms with Crippen molar-refractivity contribution in [3.8, 4) is 5.75 Å². The summed E-state index contributed by atoms with van der Waals surface area (Å²) in [5, 5.41) is 19.6. The summed E-state index contributed by atoms with van der Waals surface area (Å²) in [6.45, 7) is 13.5. The molecule has 1 aliphatic heterocycles. The van der Waals surface area contributed by atoms with Crippen LogP contribution in [0.2, 0.25) is 0 Å². The molecule has 4 rings (SSSR count). The number of aromatic hydroxyl groups is 1. The van der Waals surface area contributed by atoms with E-state index in [1.807, 2.05) is 94.8 Å². The molecule has 0 fully saturated rings. The number of imidazole rings is 1. The van der Waals surface area contributed by atoms with E-state index in [0.29, 0.717) is 24.3 Å². The Hall–Kier alpha value is -2.64. The van der Waals surface area contributed by atoms with Gasteiger partial charge in [0.15, 0.2) is 5.78 Å². The van der Waals surface area contributed by atoms with Crippen LogP contribution in [-0.2, 0) is 41.7 Å². The Morgan fingerprint density at radius 2 is 1.64 bits per heavy atom. The van der Waals surface area contributed by atoms with Crippen molar-refractivity contribution in [1.29, 1.82) is 5.41 Å². The first-order chi connectivity index (χ1) is 16.3. The average Bonchev–Trinajstić information content (AvgIpc) is 3.30. The van der Waals surface area contributed by atoms with Crippen LogP contribution >= 0.6 is 17.0 Å². The van der Waals surface area contributed by atoms with Gasteiger partial charge in [-0.1, -0.05) is 71.9 Å². The number of nitrogens with one attached hydrogen (secondary N) is 1. The van der Waals surface area contributed by atoms with Crippen molar-refractivity contribution in [2.24, 2.45) is 0 Å². The van der Waals surface area contributed by atoms with E-state index in [1.54, 1.807) is 4.57 Å². The Bertz CT molecular complexity index is 1260. The van der Waals surface area contributed by atoms with Crippen LogP contribution in [0.1, 0.15) is 74.3 Å². The molecule has 1 aromatic heterocycles. The third-order valence-corrected chi connectivity index (χ3v) is 6.69. The lowest BCUT2D eigenvalue weighted by Gasteiger charge is -2.28. The van der Waals surface area contributed by atoms with Gasteiger partial charge in [-0.2, -0.15) is 0 Å². The molecule has 6 nitrogen and oxygen atoms in total. The third-order valence-electron chi connectivity index (χ3n) is 6.69. The largest absolute Gasteiger partial charge is 0.507 e. The lowest BCUT2D eigenvalue weighted by Crippen LogP contribution is -2.29. The number of phenolic OH excluding ortho intramolecular Hbond substituents is 1. The van der Waals surface area contributed by atoms with Crippen LogP contribution in [0, 0.1) is 5.41 Å². The minimum Gasteiger partial charge on any atom is -0.507 e. The SMILES string of the molecule is Br.CC(C)(C)c1cc(C(=O)Cn2cc3n(c2=N)CC(OCc2ccccc2)C3)cc(C(C)(C)C)c1O. The molecule has 194 valence electrons. The maximum absolute atomic E-state index is 13.4. The monoisotopic (exact) mass is 555 g/mol. The van der Waals surface area contributed by atoms with Gasteiger partial charge < -0.3 is 19.0 Å². The number of Topliss-reactive ketones (excluding diaryl/α,β-unsaturated/α-hetero) is 1. The number of phenols is 1. The van der Waals surface area contributed by atoms with Gasteiger partial charge >= 0.3 is 0 Å². The smallest absolute Gasteiger partial charge is 0.202 e. The van der Waals surface area contributed by atoms with E-state index in [4.69, 9.17) is 10.1 Å². The molecule has 0 spiro atoms. The molecule has 0 amide bonds. The van der Waals surface area contributed by atoms with E-state index in [1.165, 1.54) is 0 Å². The normalized spacial score (nSPS) is 15.4. The molecule has 1 unspecified atom stereocenters. The molecule has 0 radical (unpaired) electrons. The fraction of sp³-hybridized carbons (Fsp3) is 0.448. The highest BCUT2D eigenvalue weighted by Crippen LogP contribution is 2.40. The molecule has 0 bridgehead atoms. The van der Waals surface area contributed by atoms with Crippen LogP contribution in [0.25, 0.3) is 0 Å². The second-order valence-electron chi connectivity index (χ2n) is 11.6. The molecule has 1 atom stereocenters. The molecule has 36 heavy (non-hydrogen) atoms. The molecular weight excluding hydrogens is 518 g/mol. The zero-order chi connectivity index (χ0) is 25.5. The minimum absolute atomic E-state index is 0. The van der Waals surface area contributed by atoms with E-state index in [9.17, 15) is 9.90 Å². The van der Waals surface area contributed by atoms with Gasteiger partial charge in [-0.25, -0.2) is 0 Å². The van der Waals surface area contributed by atoms with Crippen LogP contribution in [-0.4, -0.2) is 26.1 Å². The molecular formula is C29H38BrN3O3. The maximum atomic E-state index is 13.4. The van der Waals surface area contributed by atoms with Gasteiger partial charge in [0.2, 0.25) is 5.62 Å². The first kappa shape index (κ1) is 27.9. The van der Waals surface area contributed by atoms with Crippen molar-refractivity contribution in [1.82, 2.24) is 9.13 Å². The van der Waals surface area contributed by atoms with Gasteiger partial charge in [0.25, 0.3) is 0 Å². The molecule has 0 saturated carbocycles. The predicted molar refractivity (Wildman–Crippen MR) is 147 cm³/mol. The maximum Gasteiger partial charge on any atom is 0.202 e. The summed E-state index contributed by atoms with van der Waals surface area (Å²) in [7, 11) is 0. The van der Waals surface area contributed by atoms with E-state index in [-0.39, 0.29) is 52.0 Å². The number of carbonyl (C=O) groups excluding carboxylic acids is 1. The van der Waals surface area contributed by atoms with Crippen molar-refractivity contribution >= 4 is 22.8 Å². The Morgan fingerprint density at radius 1 is 1.06 bits per heavy atom. The van der Waals surface area contributed by atoms with Crippen molar-refractivity contribution in [3.63, 3.8) is 0 Å². The van der Waals surface area contributed by atoms with Crippen LogP contribution in [0.4, 0.5) is 0 Å². The summed E-state index contributed by atoms with van der Waals surface area (Å²) >= 11 is 0. The molecule has 2 heterocycles. The summed E-state index contributed by atoms with van der Waals surface area (Å²) < 4.78 is 9.72. The predicted octanol–water partition coefficient (Wildman–Crippen LogP) is 5.67. The molecule has 2 N–H and O–H groups in total. The second kappa shape index (κ2) is 10.4. The number of ether oxygens (including phenoxy) is 1. The number of rotatable bonds is 6. The quantitative estimate of drug-likeness (QED) is 0.384. The summed E-state index contributed by atoms with van der Waals surface area (Å²) in [4.78, 5) is 13.4. The number of nitrogens with zero attached hydrogens (tertiary/aromatic N) is 2. The van der Waals surface area contributed by atoms with Crippen LogP contribution in [0.15, 0.2) is 48.7 Å². The van der Waals surface area contributed by atoms with Gasteiger partial charge in [-0.05, 0) is 28.5 Å². The average molecular weight is 557 g/mol.